The quantitative estimate of drug-likeness (QED) is 0.332. The van der Waals surface area contributed by atoms with Crippen molar-refractivity contribution >= 4 is 29.7 Å². The summed E-state index contributed by atoms with van der Waals surface area (Å²) in [5.41, 5.74) is 1.38. The SMILES string of the molecule is CO[C@H]1O[C@@H]2COC(c3ccccc3)O[C@H]2[C@H](O)[C@H]1NC(=O)c1ccccc1P(c1ccccc1)c1ccccc1. The van der Waals surface area contributed by atoms with E-state index >= 15 is 0 Å². The zero-order valence-corrected chi connectivity index (χ0v) is 23.5. The molecule has 0 spiro atoms. The van der Waals surface area contributed by atoms with E-state index in [2.05, 4.69) is 29.6 Å². The first-order valence-electron chi connectivity index (χ1n) is 13.6. The van der Waals surface area contributed by atoms with Crippen molar-refractivity contribution in [2.75, 3.05) is 13.7 Å². The molecule has 4 aromatic carbocycles. The van der Waals surface area contributed by atoms with Crippen molar-refractivity contribution < 1.29 is 28.8 Å². The molecule has 41 heavy (non-hydrogen) atoms. The molecule has 2 aliphatic heterocycles. The Bertz CT molecular complexity index is 1400. The van der Waals surface area contributed by atoms with Crippen molar-refractivity contribution in [3.8, 4) is 0 Å². The Balaban J connectivity index is 1.28. The summed E-state index contributed by atoms with van der Waals surface area (Å²) in [5.74, 6) is -0.320. The average Bonchev–Trinajstić information content (AvgIpc) is 3.04. The van der Waals surface area contributed by atoms with Gasteiger partial charge in [0.15, 0.2) is 12.6 Å². The molecule has 4 aromatic rings. The van der Waals surface area contributed by atoms with Crippen LogP contribution in [0.1, 0.15) is 22.2 Å². The first kappa shape index (κ1) is 27.7. The Morgan fingerprint density at radius 2 is 1.41 bits per heavy atom. The van der Waals surface area contributed by atoms with E-state index in [4.69, 9.17) is 18.9 Å². The standard InChI is InChI=1S/C33H32NO6P/c1-37-33-28(29(35)30-26(39-33)21-38-32(40-30)22-13-5-2-6-14-22)34-31(36)25-19-11-12-20-27(25)41(23-15-7-3-8-16-23)24-17-9-4-10-18-24/h2-20,26,28-30,32-33,35H,21H2,1H3,(H,34,36)/t26-,28-,29-,30-,32?,33+/m1/s1. The van der Waals surface area contributed by atoms with Crippen LogP contribution in [0.2, 0.25) is 0 Å². The third-order valence-corrected chi connectivity index (χ3v) is 9.89. The van der Waals surface area contributed by atoms with Gasteiger partial charge in [-0.25, -0.2) is 0 Å². The normalized spacial score (nSPS) is 25.8. The number of carbonyl (C=O) groups is 1. The van der Waals surface area contributed by atoms with Crippen LogP contribution in [0.3, 0.4) is 0 Å². The molecule has 1 amide bonds. The van der Waals surface area contributed by atoms with Gasteiger partial charge >= 0.3 is 0 Å². The van der Waals surface area contributed by atoms with Gasteiger partial charge in [-0.2, -0.15) is 0 Å². The van der Waals surface area contributed by atoms with E-state index in [0.29, 0.717) is 5.56 Å². The first-order valence-corrected chi connectivity index (χ1v) is 15.0. The highest BCUT2D eigenvalue weighted by Crippen LogP contribution is 2.36. The zero-order valence-electron chi connectivity index (χ0n) is 22.6. The largest absolute Gasteiger partial charge is 0.388 e. The molecule has 6 atom stereocenters. The fraction of sp³-hybridized carbons (Fsp3) is 0.242. The van der Waals surface area contributed by atoms with E-state index in [9.17, 15) is 9.90 Å². The van der Waals surface area contributed by atoms with Crippen LogP contribution in [0, 0.1) is 0 Å². The lowest BCUT2D eigenvalue weighted by molar-refractivity contribution is -0.340. The topological polar surface area (TPSA) is 86.2 Å². The van der Waals surface area contributed by atoms with Crippen LogP contribution >= 0.6 is 7.92 Å². The number of benzene rings is 4. The number of fused-ring (bicyclic) bond motifs is 1. The molecule has 6 rings (SSSR count). The second-order valence-corrected chi connectivity index (χ2v) is 12.2. The van der Waals surface area contributed by atoms with E-state index < -0.39 is 44.9 Å². The van der Waals surface area contributed by atoms with Crippen LogP contribution in [0.5, 0.6) is 0 Å². The fourth-order valence-electron chi connectivity index (χ4n) is 5.40. The number of rotatable bonds is 7. The van der Waals surface area contributed by atoms with Crippen molar-refractivity contribution in [2.24, 2.45) is 0 Å². The highest BCUT2D eigenvalue weighted by atomic mass is 31.1. The number of aliphatic hydroxyl groups excluding tert-OH is 1. The summed E-state index contributed by atoms with van der Waals surface area (Å²) in [4.78, 5) is 14.0. The van der Waals surface area contributed by atoms with Crippen molar-refractivity contribution in [1.29, 1.82) is 0 Å². The summed E-state index contributed by atoms with van der Waals surface area (Å²) in [6.07, 6.45) is -3.87. The van der Waals surface area contributed by atoms with E-state index in [1.807, 2.05) is 91.0 Å². The molecule has 7 nitrogen and oxygen atoms in total. The molecule has 2 heterocycles. The maximum Gasteiger partial charge on any atom is 0.252 e. The highest BCUT2D eigenvalue weighted by molar-refractivity contribution is 7.80. The lowest BCUT2D eigenvalue weighted by Gasteiger charge is -2.47. The predicted molar refractivity (Wildman–Crippen MR) is 158 cm³/mol. The van der Waals surface area contributed by atoms with E-state index in [1.54, 1.807) is 0 Å². The van der Waals surface area contributed by atoms with E-state index in [1.165, 1.54) is 7.11 Å². The number of ether oxygens (including phenoxy) is 4. The van der Waals surface area contributed by atoms with Crippen LogP contribution in [0.25, 0.3) is 0 Å². The minimum atomic E-state index is -1.09. The molecular formula is C33H32NO6P. The van der Waals surface area contributed by atoms with Gasteiger partial charge in [0, 0.05) is 18.2 Å². The lowest BCUT2D eigenvalue weighted by Crippen LogP contribution is -2.66. The van der Waals surface area contributed by atoms with Gasteiger partial charge in [0.2, 0.25) is 0 Å². The molecule has 0 saturated carbocycles. The number of methoxy groups -OCH3 is 1. The first-order chi connectivity index (χ1) is 20.1. The van der Waals surface area contributed by atoms with Crippen molar-refractivity contribution in [1.82, 2.24) is 5.32 Å². The molecule has 2 aliphatic rings. The van der Waals surface area contributed by atoms with Crippen molar-refractivity contribution in [3.05, 3.63) is 126 Å². The molecule has 0 bridgehead atoms. The molecule has 0 radical (unpaired) electrons. The van der Waals surface area contributed by atoms with Gasteiger partial charge in [-0.3, -0.25) is 4.79 Å². The maximum atomic E-state index is 14.0. The monoisotopic (exact) mass is 569 g/mol. The molecule has 2 N–H and O–H groups in total. The van der Waals surface area contributed by atoms with Crippen molar-refractivity contribution in [2.45, 2.75) is 36.9 Å². The third-order valence-electron chi connectivity index (χ3n) is 7.39. The molecule has 1 unspecified atom stereocenters. The molecule has 2 saturated heterocycles. The number of aliphatic hydroxyl groups is 1. The maximum absolute atomic E-state index is 14.0. The number of hydrogen-bond acceptors (Lipinski definition) is 6. The summed E-state index contributed by atoms with van der Waals surface area (Å²) in [6.45, 7) is 0.225. The molecule has 8 heteroatoms. The summed E-state index contributed by atoms with van der Waals surface area (Å²) in [7, 11) is 0.473. The summed E-state index contributed by atoms with van der Waals surface area (Å²) in [6, 6.07) is 36.7. The third kappa shape index (κ3) is 5.84. The highest BCUT2D eigenvalue weighted by Gasteiger charge is 2.50. The van der Waals surface area contributed by atoms with E-state index in [-0.39, 0.29) is 12.5 Å². The Morgan fingerprint density at radius 1 is 0.829 bits per heavy atom. The summed E-state index contributed by atoms with van der Waals surface area (Å²) < 4.78 is 23.8. The number of carbonyl (C=O) groups excluding carboxylic acids is 1. The Hall–Kier alpha value is -3.42. The molecule has 2 fully saturated rings. The van der Waals surface area contributed by atoms with Crippen LogP contribution in [0.4, 0.5) is 0 Å². The smallest absolute Gasteiger partial charge is 0.252 e. The summed E-state index contributed by atoms with van der Waals surface area (Å²) >= 11 is 0. The van der Waals surface area contributed by atoms with Crippen LogP contribution in [-0.4, -0.2) is 55.4 Å². The number of hydrogen-bond donors (Lipinski definition) is 2. The Labute approximate surface area is 240 Å². The van der Waals surface area contributed by atoms with E-state index in [0.717, 1.165) is 21.5 Å². The molecular weight excluding hydrogens is 537 g/mol. The van der Waals surface area contributed by atoms with Crippen LogP contribution < -0.4 is 21.2 Å². The molecule has 0 aliphatic carbocycles. The predicted octanol–water partition coefficient (Wildman–Crippen LogP) is 3.39. The van der Waals surface area contributed by atoms with Crippen molar-refractivity contribution in [3.63, 3.8) is 0 Å². The van der Waals surface area contributed by atoms with Gasteiger partial charge in [0.25, 0.3) is 5.91 Å². The minimum absolute atomic E-state index is 0.225. The zero-order chi connectivity index (χ0) is 28.2. The second-order valence-electron chi connectivity index (χ2n) is 9.97. The fourth-order valence-corrected chi connectivity index (χ4v) is 7.84. The summed E-state index contributed by atoms with van der Waals surface area (Å²) in [5, 5.41) is 17.7. The van der Waals surface area contributed by atoms with Crippen LogP contribution in [-0.2, 0) is 18.9 Å². The lowest BCUT2D eigenvalue weighted by atomic mass is 9.95. The Morgan fingerprint density at radius 3 is 2.05 bits per heavy atom. The van der Waals surface area contributed by atoms with Gasteiger partial charge < -0.3 is 29.4 Å². The van der Waals surface area contributed by atoms with Gasteiger partial charge in [-0.05, 0) is 29.9 Å². The van der Waals surface area contributed by atoms with Gasteiger partial charge in [0.05, 0.1) is 6.61 Å². The van der Waals surface area contributed by atoms with Crippen LogP contribution in [0.15, 0.2) is 115 Å². The molecule has 0 aromatic heterocycles. The van der Waals surface area contributed by atoms with Gasteiger partial charge in [-0.1, -0.05) is 109 Å². The van der Waals surface area contributed by atoms with Gasteiger partial charge in [0.1, 0.15) is 24.4 Å². The second kappa shape index (κ2) is 12.6. The molecule has 210 valence electrons. The number of nitrogens with one attached hydrogen (secondary N) is 1. The van der Waals surface area contributed by atoms with Gasteiger partial charge in [-0.15, -0.1) is 0 Å². The Kier molecular flexibility index (Phi) is 8.54. The minimum Gasteiger partial charge on any atom is -0.388 e. The average molecular weight is 570 g/mol. The number of amides is 1.